The van der Waals surface area contributed by atoms with Crippen molar-refractivity contribution in [3.8, 4) is 11.5 Å². The molecule has 126 valence electrons. The summed E-state index contributed by atoms with van der Waals surface area (Å²) >= 11 is 0. The topological polar surface area (TPSA) is 77.0 Å². The van der Waals surface area contributed by atoms with Gasteiger partial charge in [0.05, 0.1) is 26.8 Å². The standard InChI is InChI=1S/C17H21N5O2/c1-22-7-6-20-17(22)16(21-11-15-18-4-5-19-15)12-8-13(23-2)10-14(9-12)24-3/h4-10,16,21H,11H2,1-3H3,(H,18,19). The van der Waals surface area contributed by atoms with Crippen LogP contribution in [0.5, 0.6) is 11.5 Å². The molecule has 0 saturated heterocycles. The largest absolute Gasteiger partial charge is 0.497 e. The molecule has 0 saturated carbocycles. The first-order valence-electron chi connectivity index (χ1n) is 7.63. The highest BCUT2D eigenvalue weighted by atomic mass is 16.5. The first-order chi connectivity index (χ1) is 11.7. The van der Waals surface area contributed by atoms with Crippen molar-refractivity contribution >= 4 is 0 Å². The van der Waals surface area contributed by atoms with E-state index in [4.69, 9.17) is 9.47 Å². The fourth-order valence-corrected chi connectivity index (χ4v) is 2.60. The number of nitrogens with one attached hydrogen (secondary N) is 2. The predicted molar refractivity (Wildman–Crippen MR) is 90.0 cm³/mol. The average Bonchev–Trinajstić information content (AvgIpc) is 3.27. The van der Waals surface area contributed by atoms with Gasteiger partial charge >= 0.3 is 0 Å². The molecule has 1 atom stereocenters. The Morgan fingerprint density at radius 2 is 1.88 bits per heavy atom. The van der Waals surface area contributed by atoms with Crippen LogP contribution >= 0.6 is 0 Å². The summed E-state index contributed by atoms with van der Waals surface area (Å²) in [5.74, 6) is 3.24. The number of aryl methyl sites for hydroxylation is 1. The third-order valence-electron chi connectivity index (χ3n) is 3.85. The first kappa shape index (κ1) is 16.1. The van der Waals surface area contributed by atoms with Gasteiger partial charge in [0, 0.05) is 37.9 Å². The van der Waals surface area contributed by atoms with Crippen molar-refractivity contribution in [3.63, 3.8) is 0 Å². The van der Waals surface area contributed by atoms with Crippen LogP contribution in [0.1, 0.15) is 23.3 Å². The molecule has 1 unspecified atom stereocenters. The summed E-state index contributed by atoms with van der Waals surface area (Å²) < 4.78 is 12.8. The maximum Gasteiger partial charge on any atom is 0.130 e. The Bertz CT molecular complexity index is 760. The van der Waals surface area contributed by atoms with E-state index in [2.05, 4.69) is 20.3 Å². The number of aromatic nitrogens is 4. The summed E-state index contributed by atoms with van der Waals surface area (Å²) in [5, 5.41) is 3.50. The van der Waals surface area contributed by atoms with Crippen molar-refractivity contribution < 1.29 is 9.47 Å². The molecule has 2 N–H and O–H groups in total. The van der Waals surface area contributed by atoms with Gasteiger partial charge in [-0.2, -0.15) is 0 Å². The van der Waals surface area contributed by atoms with E-state index in [0.717, 1.165) is 28.7 Å². The maximum atomic E-state index is 5.39. The lowest BCUT2D eigenvalue weighted by Crippen LogP contribution is -2.25. The summed E-state index contributed by atoms with van der Waals surface area (Å²) in [7, 11) is 5.26. The second-order valence-electron chi connectivity index (χ2n) is 5.39. The fraction of sp³-hybridized carbons (Fsp3) is 0.294. The van der Waals surface area contributed by atoms with Crippen molar-refractivity contribution in [2.45, 2.75) is 12.6 Å². The van der Waals surface area contributed by atoms with Crippen molar-refractivity contribution in [1.29, 1.82) is 0 Å². The third-order valence-corrected chi connectivity index (χ3v) is 3.85. The lowest BCUT2D eigenvalue weighted by atomic mass is 10.0. The second kappa shape index (κ2) is 7.18. The highest BCUT2D eigenvalue weighted by Crippen LogP contribution is 2.29. The van der Waals surface area contributed by atoms with Gasteiger partial charge in [0.2, 0.25) is 0 Å². The van der Waals surface area contributed by atoms with Gasteiger partial charge in [0.15, 0.2) is 0 Å². The Morgan fingerprint density at radius 1 is 1.12 bits per heavy atom. The average molecular weight is 327 g/mol. The number of aromatic amines is 1. The molecule has 0 radical (unpaired) electrons. The monoisotopic (exact) mass is 327 g/mol. The van der Waals surface area contributed by atoms with E-state index in [1.54, 1.807) is 32.8 Å². The molecule has 3 aromatic rings. The molecule has 7 nitrogen and oxygen atoms in total. The molecule has 7 heteroatoms. The zero-order chi connectivity index (χ0) is 16.9. The molecule has 0 fully saturated rings. The molecule has 0 amide bonds. The Balaban J connectivity index is 1.96. The Kier molecular flexibility index (Phi) is 4.81. The molecule has 3 rings (SSSR count). The van der Waals surface area contributed by atoms with E-state index in [-0.39, 0.29) is 6.04 Å². The number of imidazole rings is 2. The van der Waals surface area contributed by atoms with E-state index >= 15 is 0 Å². The number of H-pyrrole nitrogens is 1. The molecule has 2 aromatic heterocycles. The number of methoxy groups -OCH3 is 2. The minimum absolute atomic E-state index is 0.126. The van der Waals surface area contributed by atoms with Gasteiger partial charge in [0.1, 0.15) is 23.1 Å². The SMILES string of the molecule is COc1cc(OC)cc(C(NCc2ncc[nH]2)c2nccn2C)c1. The molecule has 1 aromatic carbocycles. The summed E-state index contributed by atoms with van der Waals surface area (Å²) in [5.41, 5.74) is 1.01. The van der Waals surface area contributed by atoms with Gasteiger partial charge < -0.3 is 19.0 Å². The maximum absolute atomic E-state index is 5.39. The number of hydrogen-bond acceptors (Lipinski definition) is 5. The molecule has 0 aliphatic heterocycles. The highest BCUT2D eigenvalue weighted by Gasteiger charge is 2.20. The molecule has 0 aliphatic rings. The predicted octanol–water partition coefficient (Wildman–Crippen LogP) is 2.04. The van der Waals surface area contributed by atoms with E-state index < -0.39 is 0 Å². The van der Waals surface area contributed by atoms with Gasteiger partial charge in [-0.3, -0.25) is 5.32 Å². The smallest absolute Gasteiger partial charge is 0.130 e. The summed E-state index contributed by atoms with van der Waals surface area (Å²) in [6.45, 7) is 0.587. The van der Waals surface area contributed by atoms with E-state index in [1.165, 1.54) is 0 Å². The van der Waals surface area contributed by atoms with Crippen molar-refractivity contribution in [3.05, 3.63) is 60.2 Å². The Hall–Kier alpha value is -2.80. The van der Waals surface area contributed by atoms with Crippen LogP contribution in [0.2, 0.25) is 0 Å². The number of benzene rings is 1. The lowest BCUT2D eigenvalue weighted by Gasteiger charge is -2.20. The molecular weight excluding hydrogens is 306 g/mol. The Labute approximate surface area is 140 Å². The third kappa shape index (κ3) is 3.41. The zero-order valence-electron chi connectivity index (χ0n) is 14.0. The molecule has 2 heterocycles. The van der Waals surface area contributed by atoms with Gasteiger partial charge in [-0.1, -0.05) is 0 Å². The highest BCUT2D eigenvalue weighted by molar-refractivity contribution is 5.41. The van der Waals surface area contributed by atoms with Gasteiger partial charge in [0.25, 0.3) is 0 Å². The van der Waals surface area contributed by atoms with Crippen LogP contribution in [0, 0.1) is 0 Å². The molecule has 0 spiro atoms. The summed E-state index contributed by atoms with van der Waals surface area (Å²) in [6, 6.07) is 5.69. The van der Waals surface area contributed by atoms with E-state index in [0.29, 0.717) is 6.54 Å². The number of ether oxygens (including phenoxy) is 2. The molecule has 24 heavy (non-hydrogen) atoms. The van der Waals surface area contributed by atoms with Crippen LogP contribution in [0.15, 0.2) is 43.0 Å². The van der Waals surface area contributed by atoms with Crippen LogP contribution in [-0.4, -0.2) is 33.7 Å². The van der Waals surface area contributed by atoms with Crippen molar-refractivity contribution in [2.75, 3.05) is 14.2 Å². The number of hydrogen-bond donors (Lipinski definition) is 2. The van der Waals surface area contributed by atoms with Crippen molar-refractivity contribution in [2.24, 2.45) is 7.05 Å². The normalized spacial score (nSPS) is 12.1. The van der Waals surface area contributed by atoms with Crippen LogP contribution in [0.4, 0.5) is 0 Å². The second-order valence-corrected chi connectivity index (χ2v) is 5.39. The first-order valence-corrected chi connectivity index (χ1v) is 7.63. The molecule has 0 bridgehead atoms. The van der Waals surface area contributed by atoms with Gasteiger partial charge in [-0.15, -0.1) is 0 Å². The van der Waals surface area contributed by atoms with E-state index in [1.807, 2.05) is 36.0 Å². The van der Waals surface area contributed by atoms with Crippen LogP contribution in [0.25, 0.3) is 0 Å². The molecule has 0 aliphatic carbocycles. The number of rotatable bonds is 7. The zero-order valence-corrected chi connectivity index (χ0v) is 14.0. The minimum atomic E-state index is -0.126. The fourth-order valence-electron chi connectivity index (χ4n) is 2.60. The van der Waals surface area contributed by atoms with Crippen LogP contribution in [-0.2, 0) is 13.6 Å². The minimum Gasteiger partial charge on any atom is -0.497 e. The Morgan fingerprint density at radius 3 is 2.42 bits per heavy atom. The summed E-state index contributed by atoms with van der Waals surface area (Å²) in [4.78, 5) is 11.8. The van der Waals surface area contributed by atoms with Crippen LogP contribution < -0.4 is 14.8 Å². The summed E-state index contributed by atoms with van der Waals surface area (Å²) in [6.07, 6.45) is 7.26. The van der Waals surface area contributed by atoms with Crippen molar-refractivity contribution in [1.82, 2.24) is 24.8 Å². The van der Waals surface area contributed by atoms with Crippen LogP contribution in [0.3, 0.4) is 0 Å². The quantitative estimate of drug-likeness (QED) is 0.694. The lowest BCUT2D eigenvalue weighted by molar-refractivity contribution is 0.392. The number of nitrogens with zero attached hydrogens (tertiary/aromatic N) is 3. The van der Waals surface area contributed by atoms with Gasteiger partial charge in [-0.05, 0) is 17.7 Å². The van der Waals surface area contributed by atoms with E-state index in [9.17, 15) is 0 Å². The molecular formula is C17H21N5O2. The van der Waals surface area contributed by atoms with Gasteiger partial charge in [-0.25, -0.2) is 9.97 Å².